The number of hydrogen-bond donors (Lipinski definition) is 1. The Kier molecular flexibility index (Phi) is 4.40. The topological polar surface area (TPSA) is 64.3 Å². The quantitative estimate of drug-likeness (QED) is 0.847. The van der Waals surface area contributed by atoms with Crippen LogP contribution in [-0.2, 0) is 6.54 Å². The summed E-state index contributed by atoms with van der Waals surface area (Å²) in [7, 11) is 1.95. The van der Waals surface area contributed by atoms with Gasteiger partial charge in [0, 0.05) is 31.5 Å². The van der Waals surface area contributed by atoms with Crippen LogP contribution in [0.25, 0.3) is 0 Å². The van der Waals surface area contributed by atoms with Gasteiger partial charge in [-0.3, -0.25) is 0 Å². The minimum Gasteiger partial charge on any atom is -0.475 e. The van der Waals surface area contributed by atoms with Crippen molar-refractivity contribution in [3.63, 3.8) is 0 Å². The zero-order chi connectivity index (χ0) is 14.5. The third-order valence-electron chi connectivity index (χ3n) is 2.71. The van der Waals surface area contributed by atoms with Gasteiger partial charge in [-0.15, -0.1) is 0 Å². The van der Waals surface area contributed by atoms with Crippen molar-refractivity contribution in [3.8, 4) is 5.88 Å². The molecule has 0 aliphatic heterocycles. The third-order valence-corrected chi connectivity index (χ3v) is 2.71. The first kappa shape index (κ1) is 14.1. The highest BCUT2D eigenvalue weighted by atomic mass is 16.5. The van der Waals surface area contributed by atoms with E-state index >= 15 is 0 Å². The molecule has 0 radical (unpaired) electrons. The number of aromatic nitrogens is 2. The van der Waals surface area contributed by atoms with E-state index in [0.717, 1.165) is 11.3 Å². The van der Waals surface area contributed by atoms with Crippen molar-refractivity contribution in [2.24, 2.45) is 0 Å². The maximum absolute atomic E-state index is 5.68. The number of nitrogens with zero attached hydrogens (tertiary/aromatic N) is 3. The molecule has 0 aliphatic carbocycles. The second kappa shape index (κ2) is 6.23. The van der Waals surface area contributed by atoms with E-state index in [-0.39, 0.29) is 6.10 Å². The van der Waals surface area contributed by atoms with Crippen LogP contribution < -0.4 is 15.4 Å². The molecule has 0 saturated carbocycles. The largest absolute Gasteiger partial charge is 0.475 e. The Morgan fingerprint density at radius 1 is 1.20 bits per heavy atom. The van der Waals surface area contributed by atoms with E-state index in [1.54, 1.807) is 12.3 Å². The van der Waals surface area contributed by atoms with Crippen LogP contribution in [0, 0.1) is 0 Å². The summed E-state index contributed by atoms with van der Waals surface area (Å²) in [5, 5.41) is 0. The minimum atomic E-state index is 0.0974. The average Bonchev–Trinajstić information content (AvgIpc) is 2.41. The molecule has 1 aromatic carbocycles. The smallest absolute Gasteiger partial charge is 0.228 e. The number of nitrogens with two attached hydrogens (primary N) is 1. The summed E-state index contributed by atoms with van der Waals surface area (Å²) in [6.45, 7) is 4.66. The van der Waals surface area contributed by atoms with E-state index in [0.29, 0.717) is 18.4 Å². The van der Waals surface area contributed by atoms with Crippen LogP contribution in [0.1, 0.15) is 19.4 Å². The van der Waals surface area contributed by atoms with Gasteiger partial charge in [-0.1, -0.05) is 12.1 Å². The van der Waals surface area contributed by atoms with Gasteiger partial charge in [-0.05, 0) is 31.5 Å². The maximum Gasteiger partial charge on any atom is 0.228 e. The van der Waals surface area contributed by atoms with Crippen molar-refractivity contribution in [2.75, 3.05) is 17.7 Å². The van der Waals surface area contributed by atoms with Crippen LogP contribution in [0.3, 0.4) is 0 Å². The summed E-state index contributed by atoms with van der Waals surface area (Å²) in [4.78, 5) is 10.6. The van der Waals surface area contributed by atoms with Gasteiger partial charge in [0.2, 0.25) is 11.8 Å². The number of anilines is 2. The summed E-state index contributed by atoms with van der Waals surface area (Å²) in [6.07, 6.45) is 1.81. The van der Waals surface area contributed by atoms with Crippen LogP contribution >= 0.6 is 0 Å². The lowest BCUT2D eigenvalue weighted by atomic mass is 10.2. The first-order valence-electron chi connectivity index (χ1n) is 6.60. The minimum absolute atomic E-state index is 0.0974. The lowest BCUT2D eigenvalue weighted by Gasteiger charge is -2.18. The highest BCUT2D eigenvalue weighted by Crippen LogP contribution is 2.15. The lowest BCUT2D eigenvalue weighted by molar-refractivity contribution is 0.232. The van der Waals surface area contributed by atoms with Gasteiger partial charge in [0.05, 0.1) is 6.10 Å². The third kappa shape index (κ3) is 3.85. The van der Waals surface area contributed by atoms with Crippen molar-refractivity contribution in [2.45, 2.75) is 26.5 Å². The Labute approximate surface area is 119 Å². The molecule has 0 saturated heterocycles. The van der Waals surface area contributed by atoms with Gasteiger partial charge in [0.25, 0.3) is 0 Å². The van der Waals surface area contributed by atoms with E-state index in [9.17, 15) is 0 Å². The van der Waals surface area contributed by atoms with Gasteiger partial charge in [-0.25, -0.2) is 4.98 Å². The fourth-order valence-corrected chi connectivity index (χ4v) is 1.79. The number of hydrogen-bond acceptors (Lipinski definition) is 5. The summed E-state index contributed by atoms with van der Waals surface area (Å²) < 4.78 is 5.58. The number of ether oxygens (including phenoxy) is 1. The molecule has 1 aromatic heterocycles. The zero-order valence-corrected chi connectivity index (χ0v) is 12.1. The lowest BCUT2D eigenvalue weighted by Crippen LogP contribution is -2.19. The molecule has 20 heavy (non-hydrogen) atoms. The first-order chi connectivity index (χ1) is 9.54. The van der Waals surface area contributed by atoms with E-state index in [1.165, 1.54) is 0 Å². The molecule has 0 spiro atoms. The summed E-state index contributed by atoms with van der Waals surface area (Å²) in [5.74, 6) is 1.23. The van der Waals surface area contributed by atoms with Crippen LogP contribution in [0.5, 0.6) is 5.88 Å². The van der Waals surface area contributed by atoms with E-state index in [1.807, 2.05) is 50.1 Å². The summed E-state index contributed by atoms with van der Waals surface area (Å²) in [6, 6.07) is 9.55. The molecule has 5 nitrogen and oxygen atoms in total. The molecular formula is C15H20N4O. The predicted octanol–water partition coefficient (Wildman–Crippen LogP) is 2.48. The van der Waals surface area contributed by atoms with E-state index < -0.39 is 0 Å². The molecule has 0 atom stereocenters. The Hall–Kier alpha value is -2.30. The Morgan fingerprint density at radius 2 is 1.90 bits per heavy atom. The number of benzene rings is 1. The van der Waals surface area contributed by atoms with Crippen molar-refractivity contribution in [1.29, 1.82) is 0 Å². The summed E-state index contributed by atoms with van der Waals surface area (Å²) >= 11 is 0. The fourth-order valence-electron chi connectivity index (χ4n) is 1.79. The number of nitrogen functional groups attached to an aromatic ring is 1. The second-order valence-corrected chi connectivity index (χ2v) is 4.96. The van der Waals surface area contributed by atoms with Crippen LogP contribution in [0.2, 0.25) is 0 Å². The molecule has 0 aliphatic rings. The first-order valence-corrected chi connectivity index (χ1v) is 6.60. The molecule has 0 bridgehead atoms. The van der Waals surface area contributed by atoms with Gasteiger partial charge in [0.1, 0.15) is 0 Å². The van der Waals surface area contributed by atoms with Crippen molar-refractivity contribution in [1.82, 2.24) is 9.97 Å². The van der Waals surface area contributed by atoms with Crippen molar-refractivity contribution >= 4 is 11.6 Å². The van der Waals surface area contributed by atoms with Gasteiger partial charge in [-0.2, -0.15) is 4.98 Å². The molecular weight excluding hydrogens is 252 g/mol. The molecule has 1 heterocycles. The van der Waals surface area contributed by atoms with Crippen molar-refractivity contribution in [3.05, 3.63) is 42.1 Å². The maximum atomic E-state index is 5.68. The van der Waals surface area contributed by atoms with Crippen molar-refractivity contribution < 1.29 is 4.74 Å². The van der Waals surface area contributed by atoms with Gasteiger partial charge < -0.3 is 15.4 Å². The Morgan fingerprint density at radius 3 is 2.55 bits per heavy atom. The summed E-state index contributed by atoms with van der Waals surface area (Å²) in [5.41, 5.74) is 7.60. The second-order valence-electron chi connectivity index (χ2n) is 4.96. The normalized spacial score (nSPS) is 10.6. The molecule has 0 fully saturated rings. The van der Waals surface area contributed by atoms with Gasteiger partial charge in [0.15, 0.2) is 0 Å². The van der Waals surface area contributed by atoms with Crippen LogP contribution in [0.4, 0.5) is 11.6 Å². The molecule has 2 rings (SSSR count). The zero-order valence-electron chi connectivity index (χ0n) is 12.1. The SMILES string of the molecule is CC(C)Oc1ccnc(N(C)Cc2ccc(N)cc2)n1. The van der Waals surface area contributed by atoms with E-state index in [2.05, 4.69) is 9.97 Å². The van der Waals surface area contributed by atoms with Gasteiger partial charge >= 0.3 is 0 Å². The molecule has 2 aromatic rings. The van der Waals surface area contributed by atoms with E-state index in [4.69, 9.17) is 10.5 Å². The molecule has 0 amide bonds. The monoisotopic (exact) mass is 272 g/mol. The predicted molar refractivity (Wildman–Crippen MR) is 80.8 cm³/mol. The fraction of sp³-hybridized carbons (Fsp3) is 0.333. The van der Waals surface area contributed by atoms with Crippen LogP contribution in [0.15, 0.2) is 36.5 Å². The highest BCUT2D eigenvalue weighted by molar-refractivity contribution is 5.41. The Bertz CT molecular complexity index is 554. The molecule has 2 N–H and O–H groups in total. The van der Waals surface area contributed by atoms with Crippen LogP contribution in [-0.4, -0.2) is 23.1 Å². The number of rotatable bonds is 5. The molecule has 106 valence electrons. The average molecular weight is 272 g/mol. The standard InChI is InChI=1S/C15H20N4O/c1-11(2)20-14-8-9-17-15(18-14)19(3)10-12-4-6-13(16)7-5-12/h4-9,11H,10,16H2,1-3H3. The molecule has 0 unspecified atom stereocenters. The highest BCUT2D eigenvalue weighted by Gasteiger charge is 2.07. The molecule has 5 heteroatoms. The Balaban J connectivity index is 2.08.